The molecule has 0 spiro atoms. The zero-order chi connectivity index (χ0) is 20.9. The predicted molar refractivity (Wildman–Crippen MR) is 99.9 cm³/mol. The van der Waals surface area contributed by atoms with Gasteiger partial charge in [-0.1, -0.05) is 11.6 Å². The van der Waals surface area contributed by atoms with Crippen molar-refractivity contribution in [1.29, 1.82) is 0 Å². The van der Waals surface area contributed by atoms with Crippen LogP contribution in [0.15, 0.2) is 12.3 Å². The monoisotopic (exact) mass is 428 g/mol. The zero-order valence-electron chi connectivity index (χ0n) is 15.7. The van der Waals surface area contributed by atoms with Crippen LogP contribution < -0.4 is 5.32 Å². The molecule has 0 bridgehead atoms. The number of likely N-dealkylation sites (tertiary alicyclic amines) is 1. The smallest absolute Gasteiger partial charge is 0.353 e. The molecule has 1 aliphatic heterocycles. The molecule has 0 atom stereocenters. The van der Waals surface area contributed by atoms with Crippen LogP contribution in [-0.4, -0.2) is 45.2 Å². The Bertz CT molecular complexity index is 976. The fourth-order valence-electron chi connectivity index (χ4n) is 3.79. The van der Waals surface area contributed by atoms with Crippen molar-refractivity contribution in [2.45, 2.75) is 50.7 Å². The minimum atomic E-state index is -4.60. The predicted octanol–water partition coefficient (Wildman–Crippen LogP) is 3.62. The Labute approximate surface area is 170 Å². The summed E-state index contributed by atoms with van der Waals surface area (Å²) in [7, 11) is 0. The third-order valence-electron chi connectivity index (χ3n) is 5.43. The largest absolute Gasteiger partial charge is 0.419 e. The molecular weight excluding hydrogens is 409 g/mol. The number of alkyl halides is 3. The first-order chi connectivity index (χ1) is 13.6. The highest BCUT2D eigenvalue weighted by Crippen LogP contribution is 2.43. The Hall–Kier alpha value is -2.29. The van der Waals surface area contributed by atoms with Crippen molar-refractivity contribution in [3.8, 4) is 0 Å². The molecule has 1 N–H and O–H groups in total. The van der Waals surface area contributed by atoms with E-state index in [0.29, 0.717) is 31.5 Å². The van der Waals surface area contributed by atoms with Gasteiger partial charge in [-0.2, -0.15) is 13.2 Å². The van der Waals surface area contributed by atoms with E-state index in [1.54, 1.807) is 6.20 Å². The fraction of sp³-hybridized carbons (Fsp3) is 0.526. The summed E-state index contributed by atoms with van der Waals surface area (Å²) in [4.78, 5) is 29.6. The molecule has 1 saturated heterocycles. The molecule has 10 heteroatoms. The number of carbonyl (C=O) groups is 2. The Morgan fingerprint density at radius 3 is 2.41 bits per heavy atom. The molecule has 2 amide bonds. The van der Waals surface area contributed by atoms with Crippen molar-refractivity contribution in [3.63, 3.8) is 0 Å². The number of rotatable bonds is 3. The van der Waals surface area contributed by atoms with Crippen LogP contribution in [0.2, 0.25) is 5.15 Å². The second-order valence-electron chi connectivity index (χ2n) is 7.67. The van der Waals surface area contributed by atoms with Crippen molar-refractivity contribution in [1.82, 2.24) is 19.6 Å². The number of hydrogen-bond donors (Lipinski definition) is 1. The molecule has 2 aromatic heterocycles. The number of fused-ring (bicyclic) bond motifs is 1. The van der Waals surface area contributed by atoms with Gasteiger partial charge in [0.1, 0.15) is 5.15 Å². The van der Waals surface area contributed by atoms with Gasteiger partial charge in [-0.3, -0.25) is 14.0 Å². The van der Waals surface area contributed by atoms with Crippen LogP contribution in [0.25, 0.3) is 5.65 Å². The quantitative estimate of drug-likeness (QED) is 0.812. The van der Waals surface area contributed by atoms with Gasteiger partial charge in [-0.25, -0.2) is 4.98 Å². The summed E-state index contributed by atoms with van der Waals surface area (Å²) in [6.07, 6.45) is -0.241. The summed E-state index contributed by atoms with van der Waals surface area (Å²) < 4.78 is 42.0. The molecular formula is C19H20ClF3N4O2. The van der Waals surface area contributed by atoms with Gasteiger partial charge in [-0.05, 0) is 43.2 Å². The number of hydrogen-bond acceptors (Lipinski definition) is 3. The molecule has 0 radical (unpaired) electrons. The number of amides is 2. The standard InChI is InChI=1S/C19H20ClF3N4O2/c1-10(28)24-13-4-6-26(7-5-13)18(29)15-16(20)27-9-12(11-2-3-11)8-14(17(27)25-15)19(21,22)23/h8-9,11,13H,2-7H2,1H3,(H,24,28). The molecule has 6 nitrogen and oxygen atoms in total. The third kappa shape index (κ3) is 3.92. The summed E-state index contributed by atoms with van der Waals surface area (Å²) in [5.74, 6) is -0.545. The van der Waals surface area contributed by atoms with E-state index < -0.39 is 17.6 Å². The second kappa shape index (κ2) is 7.19. The summed E-state index contributed by atoms with van der Waals surface area (Å²) in [6.45, 7) is 2.17. The average Bonchev–Trinajstić information content (AvgIpc) is 3.44. The van der Waals surface area contributed by atoms with Crippen LogP contribution in [-0.2, 0) is 11.0 Å². The minimum absolute atomic E-state index is 0.0222. The van der Waals surface area contributed by atoms with Crippen molar-refractivity contribution < 1.29 is 22.8 Å². The van der Waals surface area contributed by atoms with Gasteiger partial charge in [-0.15, -0.1) is 0 Å². The van der Waals surface area contributed by atoms with Gasteiger partial charge in [0.05, 0.1) is 5.56 Å². The van der Waals surface area contributed by atoms with Crippen molar-refractivity contribution in [2.75, 3.05) is 13.1 Å². The SMILES string of the molecule is CC(=O)NC1CCN(C(=O)c2nc3c(C(F)(F)F)cc(C4CC4)cn3c2Cl)CC1. The molecule has 4 rings (SSSR count). The third-order valence-corrected chi connectivity index (χ3v) is 5.79. The first-order valence-electron chi connectivity index (χ1n) is 9.50. The summed E-state index contributed by atoms with van der Waals surface area (Å²) in [5.41, 5.74) is -0.863. The van der Waals surface area contributed by atoms with Crippen molar-refractivity contribution >= 4 is 29.1 Å². The number of aromatic nitrogens is 2. The van der Waals surface area contributed by atoms with Crippen LogP contribution in [0.3, 0.4) is 0 Å². The molecule has 2 fully saturated rings. The lowest BCUT2D eigenvalue weighted by Gasteiger charge is -2.31. The van der Waals surface area contributed by atoms with Gasteiger partial charge in [0.25, 0.3) is 5.91 Å². The summed E-state index contributed by atoms with van der Waals surface area (Å²) >= 11 is 6.32. The van der Waals surface area contributed by atoms with Gasteiger partial charge < -0.3 is 10.2 Å². The van der Waals surface area contributed by atoms with E-state index in [0.717, 1.165) is 18.9 Å². The van der Waals surface area contributed by atoms with Crippen LogP contribution in [0, 0.1) is 0 Å². The van der Waals surface area contributed by atoms with Crippen molar-refractivity contribution in [3.05, 3.63) is 34.2 Å². The average molecular weight is 429 g/mol. The van der Waals surface area contributed by atoms with Crippen LogP contribution in [0.4, 0.5) is 13.2 Å². The number of pyridine rings is 1. The van der Waals surface area contributed by atoms with E-state index in [1.807, 2.05) is 0 Å². The lowest BCUT2D eigenvalue weighted by Crippen LogP contribution is -2.46. The lowest BCUT2D eigenvalue weighted by atomic mass is 10.0. The highest BCUT2D eigenvalue weighted by molar-refractivity contribution is 6.33. The van der Waals surface area contributed by atoms with Gasteiger partial charge >= 0.3 is 6.18 Å². The number of piperidine rings is 1. The van der Waals surface area contributed by atoms with E-state index in [2.05, 4.69) is 10.3 Å². The van der Waals surface area contributed by atoms with Gasteiger partial charge in [0.15, 0.2) is 11.3 Å². The maximum atomic E-state index is 13.6. The van der Waals surface area contributed by atoms with Gasteiger partial charge in [0, 0.05) is 32.3 Å². The van der Waals surface area contributed by atoms with E-state index in [1.165, 1.54) is 16.2 Å². The topological polar surface area (TPSA) is 66.7 Å². The Balaban J connectivity index is 1.65. The van der Waals surface area contributed by atoms with E-state index in [4.69, 9.17) is 11.6 Å². The zero-order valence-corrected chi connectivity index (χ0v) is 16.5. The lowest BCUT2D eigenvalue weighted by molar-refractivity contribution is -0.136. The van der Waals surface area contributed by atoms with Gasteiger partial charge in [0.2, 0.25) is 5.91 Å². The number of carbonyl (C=O) groups excluding carboxylic acids is 2. The molecule has 1 saturated carbocycles. The number of halogens is 4. The Kier molecular flexibility index (Phi) is 4.96. The molecule has 1 aliphatic carbocycles. The Morgan fingerprint density at radius 1 is 1.21 bits per heavy atom. The maximum absolute atomic E-state index is 13.6. The number of nitrogens with zero attached hydrogens (tertiary/aromatic N) is 3. The normalized spacial score (nSPS) is 18.3. The summed E-state index contributed by atoms with van der Waals surface area (Å²) in [6, 6.07) is 1.09. The van der Waals surface area contributed by atoms with Crippen LogP contribution in [0.5, 0.6) is 0 Å². The second-order valence-corrected chi connectivity index (χ2v) is 8.03. The van der Waals surface area contributed by atoms with E-state index >= 15 is 0 Å². The highest BCUT2D eigenvalue weighted by atomic mass is 35.5. The molecule has 2 aromatic rings. The Morgan fingerprint density at radius 2 is 1.86 bits per heavy atom. The molecule has 156 valence electrons. The van der Waals surface area contributed by atoms with Crippen LogP contribution >= 0.6 is 11.6 Å². The fourth-order valence-corrected chi connectivity index (χ4v) is 4.04. The number of imidazole rings is 1. The van der Waals surface area contributed by atoms with Crippen LogP contribution in [0.1, 0.15) is 60.1 Å². The highest BCUT2D eigenvalue weighted by Gasteiger charge is 2.38. The minimum Gasteiger partial charge on any atom is -0.353 e. The molecule has 2 aliphatic rings. The van der Waals surface area contributed by atoms with Crippen molar-refractivity contribution in [2.24, 2.45) is 0 Å². The molecule has 0 aromatic carbocycles. The first-order valence-corrected chi connectivity index (χ1v) is 9.88. The molecule has 0 unspecified atom stereocenters. The molecule has 3 heterocycles. The van der Waals surface area contributed by atoms with E-state index in [9.17, 15) is 22.8 Å². The summed E-state index contributed by atoms with van der Waals surface area (Å²) in [5, 5.41) is 2.70. The van der Waals surface area contributed by atoms with E-state index in [-0.39, 0.29) is 34.4 Å². The molecule has 29 heavy (non-hydrogen) atoms. The number of nitrogens with one attached hydrogen (secondary N) is 1. The maximum Gasteiger partial charge on any atom is 0.419 e. The first kappa shape index (κ1) is 20.0.